The van der Waals surface area contributed by atoms with Crippen molar-refractivity contribution < 1.29 is 9.53 Å². The normalized spacial score (nSPS) is 12.9. The maximum atomic E-state index is 11.9. The van der Waals surface area contributed by atoms with E-state index in [2.05, 4.69) is 10.3 Å². The molecule has 0 radical (unpaired) electrons. The lowest BCUT2D eigenvalue weighted by atomic mass is 10.1. The third kappa shape index (κ3) is 4.21. The van der Waals surface area contributed by atoms with Crippen LogP contribution < -0.4 is 11.1 Å². The third-order valence-electron chi connectivity index (χ3n) is 3.13. The number of para-hydroxylation sites is 1. The van der Waals surface area contributed by atoms with Gasteiger partial charge in [-0.2, -0.15) is 0 Å². The van der Waals surface area contributed by atoms with E-state index in [1.54, 1.807) is 0 Å². The van der Waals surface area contributed by atoms with E-state index < -0.39 is 17.7 Å². The van der Waals surface area contributed by atoms with Crippen LogP contribution in [0.1, 0.15) is 26.3 Å². The fraction of sp³-hybridized carbons (Fsp3) is 0.375. The number of amides is 1. The molecular weight excluding hydrogens is 298 g/mol. The summed E-state index contributed by atoms with van der Waals surface area (Å²) < 4.78 is 5.25. The number of H-pyrrole nitrogens is 1. The fourth-order valence-corrected chi connectivity index (χ4v) is 2.34. The zero-order chi connectivity index (χ0) is 16.3. The molecule has 1 heterocycles. The first-order valence-corrected chi connectivity index (χ1v) is 7.51. The van der Waals surface area contributed by atoms with Crippen molar-refractivity contribution in [3.8, 4) is 0 Å². The molecule has 4 N–H and O–H groups in total. The lowest BCUT2D eigenvalue weighted by Crippen LogP contribution is -2.46. The van der Waals surface area contributed by atoms with Crippen LogP contribution in [0.15, 0.2) is 30.5 Å². The number of carbonyl (C=O) groups excluding carboxylic acids is 1. The average molecular weight is 319 g/mol. The monoisotopic (exact) mass is 319 g/mol. The van der Waals surface area contributed by atoms with Gasteiger partial charge in [0.2, 0.25) is 0 Å². The van der Waals surface area contributed by atoms with Crippen molar-refractivity contribution in [3.63, 3.8) is 0 Å². The van der Waals surface area contributed by atoms with Gasteiger partial charge >= 0.3 is 6.09 Å². The van der Waals surface area contributed by atoms with E-state index in [0.29, 0.717) is 6.42 Å². The van der Waals surface area contributed by atoms with E-state index in [4.69, 9.17) is 22.7 Å². The van der Waals surface area contributed by atoms with Gasteiger partial charge < -0.3 is 20.8 Å². The fourth-order valence-electron chi connectivity index (χ4n) is 2.19. The number of nitrogens with two attached hydrogens (primary N) is 1. The first-order chi connectivity index (χ1) is 10.3. The van der Waals surface area contributed by atoms with Gasteiger partial charge in [0.25, 0.3) is 0 Å². The number of benzene rings is 1. The molecule has 5 nitrogen and oxygen atoms in total. The molecule has 22 heavy (non-hydrogen) atoms. The van der Waals surface area contributed by atoms with Gasteiger partial charge in [-0.15, -0.1) is 0 Å². The Hall–Kier alpha value is -2.08. The summed E-state index contributed by atoms with van der Waals surface area (Å²) >= 11 is 5.07. The van der Waals surface area contributed by atoms with E-state index in [1.807, 2.05) is 51.2 Å². The van der Waals surface area contributed by atoms with Crippen molar-refractivity contribution in [2.45, 2.75) is 38.8 Å². The maximum Gasteiger partial charge on any atom is 0.408 e. The van der Waals surface area contributed by atoms with Crippen LogP contribution in [0.3, 0.4) is 0 Å². The van der Waals surface area contributed by atoms with Crippen molar-refractivity contribution in [1.29, 1.82) is 0 Å². The Morgan fingerprint density at radius 1 is 1.41 bits per heavy atom. The number of alkyl carbamates (subject to hydrolysis) is 1. The van der Waals surface area contributed by atoms with Gasteiger partial charge in [-0.05, 0) is 32.4 Å². The highest BCUT2D eigenvalue weighted by atomic mass is 32.1. The van der Waals surface area contributed by atoms with Gasteiger partial charge in [-0.25, -0.2) is 4.79 Å². The molecule has 0 saturated heterocycles. The second-order valence-electron chi connectivity index (χ2n) is 6.16. The van der Waals surface area contributed by atoms with Crippen molar-refractivity contribution in [2.24, 2.45) is 5.73 Å². The smallest absolute Gasteiger partial charge is 0.408 e. The molecule has 0 spiro atoms. The molecule has 1 amide bonds. The number of ether oxygens (including phenoxy) is 1. The molecule has 1 aromatic heterocycles. The van der Waals surface area contributed by atoms with Crippen LogP contribution in [0, 0.1) is 0 Å². The van der Waals surface area contributed by atoms with E-state index >= 15 is 0 Å². The molecule has 0 aliphatic rings. The van der Waals surface area contributed by atoms with Gasteiger partial charge in [0.05, 0.1) is 11.0 Å². The van der Waals surface area contributed by atoms with Gasteiger partial charge in [0.15, 0.2) is 0 Å². The van der Waals surface area contributed by atoms with Gasteiger partial charge in [0.1, 0.15) is 5.60 Å². The van der Waals surface area contributed by atoms with Crippen LogP contribution in [0.2, 0.25) is 0 Å². The van der Waals surface area contributed by atoms with Crippen molar-refractivity contribution in [3.05, 3.63) is 36.0 Å². The Morgan fingerprint density at radius 2 is 2.09 bits per heavy atom. The van der Waals surface area contributed by atoms with Gasteiger partial charge in [-0.3, -0.25) is 0 Å². The number of nitrogens with one attached hydrogen (secondary N) is 2. The number of aromatic amines is 1. The first-order valence-electron chi connectivity index (χ1n) is 7.10. The quantitative estimate of drug-likeness (QED) is 0.757. The Balaban J connectivity index is 2.12. The lowest BCUT2D eigenvalue weighted by molar-refractivity contribution is 0.0518. The second-order valence-corrected chi connectivity index (χ2v) is 6.64. The molecule has 6 heteroatoms. The van der Waals surface area contributed by atoms with Gasteiger partial charge in [0, 0.05) is 23.5 Å². The van der Waals surface area contributed by atoms with Crippen molar-refractivity contribution in [1.82, 2.24) is 10.3 Å². The lowest BCUT2D eigenvalue weighted by Gasteiger charge is -2.23. The highest BCUT2D eigenvalue weighted by Crippen LogP contribution is 2.19. The Labute approximate surface area is 135 Å². The summed E-state index contributed by atoms with van der Waals surface area (Å²) in [5.74, 6) is 0. The van der Waals surface area contributed by atoms with Crippen LogP contribution in [0.25, 0.3) is 10.9 Å². The number of hydrogen-bond donors (Lipinski definition) is 3. The molecule has 0 saturated carbocycles. The van der Waals surface area contributed by atoms with Crippen LogP contribution >= 0.6 is 12.2 Å². The molecule has 0 fully saturated rings. The number of thiocarbonyl (C=S) groups is 1. The Bertz CT molecular complexity index is 688. The summed E-state index contributed by atoms with van der Waals surface area (Å²) in [5.41, 5.74) is 7.28. The molecular formula is C16H21N3O2S. The predicted molar refractivity (Wildman–Crippen MR) is 91.9 cm³/mol. The van der Waals surface area contributed by atoms with E-state index in [-0.39, 0.29) is 4.99 Å². The molecule has 0 bridgehead atoms. The summed E-state index contributed by atoms with van der Waals surface area (Å²) in [6.07, 6.45) is 1.90. The minimum Gasteiger partial charge on any atom is -0.444 e. The zero-order valence-corrected chi connectivity index (χ0v) is 13.8. The number of hydrogen-bond acceptors (Lipinski definition) is 3. The average Bonchev–Trinajstić information content (AvgIpc) is 2.79. The zero-order valence-electron chi connectivity index (χ0n) is 13.0. The second kappa shape index (κ2) is 6.36. The summed E-state index contributed by atoms with van der Waals surface area (Å²) in [6, 6.07) is 7.49. The standard InChI is InChI=1S/C16H21N3O2S/c1-16(2,3)21-15(20)19-13(14(17)22)8-10-9-18-12-7-5-4-6-11(10)12/h4-7,9,13,18H,8H2,1-3H3,(H2,17,22)(H,19,20). The van der Waals surface area contributed by atoms with Crippen LogP contribution in [-0.2, 0) is 11.2 Å². The molecule has 0 aliphatic carbocycles. The van der Waals surface area contributed by atoms with Crippen molar-refractivity contribution in [2.75, 3.05) is 0 Å². The maximum absolute atomic E-state index is 11.9. The molecule has 1 aromatic carbocycles. The topological polar surface area (TPSA) is 80.1 Å². The number of aromatic nitrogens is 1. The largest absolute Gasteiger partial charge is 0.444 e. The van der Waals surface area contributed by atoms with Crippen LogP contribution in [0.5, 0.6) is 0 Å². The highest BCUT2D eigenvalue weighted by molar-refractivity contribution is 7.80. The molecule has 0 aliphatic heterocycles. The van der Waals surface area contributed by atoms with Crippen LogP contribution in [-0.4, -0.2) is 27.7 Å². The summed E-state index contributed by atoms with van der Waals surface area (Å²) in [6.45, 7) is 5.42. The molecule has 2 aromatic rings. The Morgan fingerprint density at radius 3 is 2.73 bits per heavy atom. The molecule has 118 valence electrons. The minimum atomic E-state index is -0.564. The van der Waals surface area contributed by atoms with E-state index in [0.717, 1.165) is 16.5 Å². The SMILES string of the molecule is CC(C)(C)OC(=O)NC(Cc1c[nH]c2ccccc12)C(N)=S. The third-order valence-corrected chi connectivity index (χ3v) is 3.42. The Kier molecular flexibility index (Phi) is 4.71. The number of carbonyl (C=O) groups is 1. The summed E-state index contributed by atoms with van der Waals surface area (Å²) in [7, 11) is 0. The van der Waals surface area contributed by atoms with Crippen LogP contribution in [0.4, 0.5) is 4.79 Å². The number of fused-ring (bicyclic) bond motifs is 1. The molecule has 1 atom stereocenters. The molecule has 1 unspecified atom stereocenters. The van der Waals surface area contributed by atoms with Crippen molar-refractivity contribution >= 4 is 34.2 Å². The summed E-state index contributed by atoms with van der Waals surface area (Å²) in [4.78, 5) is 15.3. The first kappa shape index (κ1) is 16.3. The van der Waals surface area contributed by atoms with E-state index in [1.165, 1.54) is 0 Å². The predicted octanol–water partition coefficient (Wildman–Crippen LogP) is 2.89. The van der Waals surface area contributed by atoms with E-state index in [9.17, 15) is 4.79 Å². The van der Waals surface area contributed by atoms with Gasteiger partial charge in [-0.1, -0.05) is 30.4 Å². The highest BCUT2D eigenvalue weighted by Gasteiger charge is 2.22. The number of rotatable bonds is 4. The minimum absolute atomic E-state index is 0.233. The summed E-state index contributed by atoms with van der Waals surface area (Å²) in [5, 5.41) is 3.83. The molecule has 2 rings (SSSR count).